The average Bonchev–Trinajstić information content (AvgIpc) is 2.35. The van der Waals surface area contributed by atoms with Gasteiger partial charge in [0.2, 0.25) is 5.91 Å². The van der Waals surface area contributed by atoms with Crippen molar-refractivity contribution in [3.05, 3.63) is 35.9 Å². The number of carboxylic acid groups (broad SMARTS) is 1. The number of hydrogen-bond acceptors (Lipinski definition) is 3. The number of likely N-dealkylation sites (N-methyl/N-ethyl adjacent to an activating group) is 1. The minimum Gasteiger partial charge on any atom is -0.480 e. The molecule has 1 rings (SSSR count). The Labute approximate surface area is 106 Å². The van der Waals surface area contributed by atoms with Gasteiger partial charge in [0.15, 0.2) is 0 Å². The Morgan fingerprint density at radius 1 is 1.33 bits per heavy atom. The third kappa shape index (κ3) is 4.55. The van der Waals surface area contributed by atoms with Crippen molar-refractivity contribution in [1.29, 1.82) is 0 Å². The largest absolute Gasteiger partial charge is 0.480 e. The number of nitrogens with zero attached hydrogens (tertiary/aromatic N) is 1. The predicted octanol–water partition coefficient (Wildman–Crippen LogP) is 1.01. The first-order valence-corrected chi connectivity index (χ1v) is 5.77. The molecule has 0 heterocycles. The molecule has 0 radical (unpaired) electrons. The molecule has 0 fully saturated rings. The second-order valence-corrected chi connectivity index (χ2v) is 4.20. The highest BCUT2D eigenvalue weighted by Gasteiger charge is 2.14. The number of carbonyl (C=O) groups is 2. The number of carbonyl (C=O) groups excluding carboxylic acids is 1. The lowest BCUT2D eigenvalue weighted by atomic mass is 10.0. The summed E-state index contributed by atoms with van der Waals surface area (Å²) < 4.78 is 0. The molecular weight excluding hydrogens is 232 g/mol. The number of aliphatic carboxylic acids is 1. The predicted molar refractivity (Wildman–Crippen MR) is 67.9 cm³/mol. The van der Waals surface area contributed by atoms with Crippen molar-refractivity contribution in [2.75, 3.05) is 13.6 Å². The summed E-state index contributed by atoms with van der Waals surface area (Å²) in [7, 11) is 1.48. The van der Waals surface area contributed by atoms with Crippen LogP contribution in [-0.2, 0) is 9.59 Å². The first kappa shape index (κ1) is 14.2. The van der Waals surface area contributed by atoms with E-state index in [9.17, 15) is 9.59 Å². The Bertz CT molecular complexity index is 406. The third-order valence-corrected chi connectivity index (χ3v) is 2.70. The minimum absolute atomic E-state index is 0.201. The molecule has 1 unspecified atom stereocenters. The molecule has 0 bridgehead atoms. The molecule has 0 spiro atoms. The maximum atomic E-state index is 11.6. The molecule has 5 nitrogen and oxygen atoms in total. The second kappa shape index (κ2) is 6.76. The van der Waals surface area contributed by atoms with Crippen molar-refractivity contribution < 1.29 is 14.7 Å². The lowest BCUT2D eigenvalue weighted by molar-refractivity contribution is -0.143. The number of amides is 1. The number of hydrogen-bond donors (Lipinski definition) is 2. The zero-order valence-corrected chi connectivity index (χ0v) is 10.4. The van der Waals surface area contributed by atoms with Crippen molar-refractivity contribution in [1.82, 2.24) is 4.90 Å². The molecule has 18 heavy (non-hydrogen) atoms. The van der Waals surface area contributed by atoms with Crippen LogP contribution in [0.2, 0.25) is 0 Å². The second-order valence-electron chi connectivity index (χ2n) is 4.20. The van der Waals surface area contributed by atoms with E-state index in [-0.39, 0.29) is 24.9 Å². The summed E-state index contributed by atoms with van der Waals surface area (Å²) in [4.78, 5) is 23.3. The van der Waals surface area contributed by atoms with Gasteiger partial charge in [0.25, 0.3) is 0 Å². The van der Waals surface area contributed by atoms with Crippen molar-refractivity contribution in [2.24, 2.45) is 5.73 Å². The smallest absolute Gasteiger partial charge is 0.323 e. The van der Waals surface area contributed by atoms with E-state index in [0.29, 0.717) is 6.42 Å². The van der Waals surface area contributed by atoms with Gasteiger partial charge < -0.3 is 15.7 Å². The lowest BCUT2D eigenvalue weighted by Gasteiger charge is -2.16. The number of carboxylic acids is 1. The number of rotatable bonds is 6. The maximum Gasteiger partial charge on any atom is 0.323 e. The van der Waals surface area contributed by atoms with Gasteiger partial charge in [-0.05, 0) is 12.0 Å². The van der Waals surface area contributed by atoms with Gasteiger partial charge >= 0.3 is 5.97 Å². The molecule has 1 aromatic carbocycles. The zero-order chi connectivity index (χ0) is 13.5. The van der Waals surface area contributed by atoms with Crippen LogP contribution in [0.4, 0.5) is 0 Å². The van der Waals surface area contributed by atoms with Gasteiger partial charge in [-0.25, -0.2) is 0 Å². The lowest BCUT2D eigenvalue weighted by Crippen LogP contribution is -2.32. The molecule has 0 aliphatic carbocycles. The fourth-order valence-electron chi connectivity index (χ4n) is 1.63. The first-order chi connectivity index (χ1) is 8.50. The Kier molecular flexibility index (Phi) is 5.32. The van der Waals surface area contributed by atoms with Crippen LogP contribution in [0.5, 0.6) is 0 Å². The van der Waals surface area contributed by atoms with E-state index in [0.717, 1.165) is 5.56 Å². The van der Waals surface area contributed by atoms with Gasteiger partial charge in [0.1, 0.15) is 6.54 Å². The third-order valence-electron chi connectivity index (χ3n) is 2.70. The van der Waals surface area contributed by atoms with Crippen molar-refractivity contribution >= 4 is 11.9 Å². The molecule has 1 aromatic rings. The Balaban J connectivity index is 2.41. The maximum absolute atomic E-state index is 11.6. The van der Waals surface area contributed by atoms with Crippen LogP contribution in [0.1, 0.15) is 24.4 Å². The highest BCUT2D eigenvalue weighted by atomic mass is 16.4. The molecule has 0 aromatic heterocycles. The van der Waals surface area contributed by atoms with Crippen LogP contribution < -0.4 is 5.73 Å². The molecule has 98 valence electrons. The van der Waals surface area contributed by atoms with E-state index in [1.807, 2.05) is 30.3 Å². The molecule has 0 aliphatic rings. The van der Waals surface area contributed by atoms with Gasteiger partial charge in [-0.3, -0.25) is 9.59 Å². The summed E-state index contributed by atoms with van der Waals surface area (Å²) in [6, 6.07) is 9.32. The van der Waals surface area contributed by atoms with Crippen molar-refractivity contribution in [3.8, 4) is 0 Å². The fourth-order valence-corrected chi connectivity index (χ4v) is 1.63. The zero-order valence-electron chi connectivity index (χ0n) is 10.4. The van der Waals surface area contributed by atoms with Crippen LogP contribution in [0.15, 0.2) is 30.3 Å². The highest BCUT2D eigenvalue weighted by molar-refractivity contribution is 5.81. The van der Waals surface area contributed by atoms with Crippen LogP contribution in [-0.4, -0.2) is 35.5 Å². The van der Waals surface area contributed by atoms with E-state index < -0.39 is 5.97 Å². The summed E-state index contributed by atoms with van der Waals surface area (Å²) in [6.07, 6.45) is 0.757. The Morgan fingerprint density at radius 3 is 2.50 bits per heavy atom. The normalized spacial score (nSPS) is 11.9. The van der Waals surface area contributed by atoms with Gasteiger partial charge in [0.05, 0.1) is 0 Å². The quantitative estimate of drug-likeness (QED) is 0.789. The summed E-state index contributed by atoms with van der Waals surface area (Å²) in [5, 5.41) is 8.57. The van der Waals surface area contributed by atoms with E-state index in [2.05, 4.69) is 0 Å². The molecule has 3 N–H and O–H groups in total. The molecular formula is C13H18N2O3. The van der Waals surface area contributed by atoms with Crippen LogP contribution >= 0.6 is 0 Å². The first-order valence-electron chi connectivity index (χ1n) is 5.77. The van der Waals surface area contributed by atoms with Crippen molar-refractivity contribution in [3.63, 3.8) is 0 Å². The molecule has 5 heteroatoms. The molecule has 0 saturated heterocycles. The van der Waals surface area contributed by atoms with E-state index in [4.69, 9.17) is 10.8 Å². The van der Waals surface area contributed by atoms with Crippen LogP contribution in [0, 0.1) is 0 Å². The summed E-state index contributed by atoms with van der Waals surface area (Å²) in [6.45, 7) is -0.278. The minimum atomic E-state index is -1.02. The summed E-state index contributed by atoms with van der Waals surface area (Å²) >= 11 is 0. The van der Waals surface area contributed by atoms with E-state index >= 15 is 0 Å². The van der Waals surface area contributed by atoms with Gasteiger partial charge in [-0.15, -0.1) is 0 Å². The molecule has 1 atom stereocenters. The van der Waals surface area contributed by atoms with Gasteiger partial charge in [0, 0.05) is 19.5 Å². The molecule has 0 aliphatic heterocycles. The highest BCUT2D eigenvalue weighted by Crippen LogP contribution is 2.15. The summed E-state index contributed by atoms with van der Waals surface area (Å²) in [5.74, 6) is -1.22. The van der Waals surface area contributed by atoms with Crippen molar-refractivity contribution in [2.45, 2.75) is 18.9 Å². The Morgan fingerprint density at radius 2 is 1.94 bits per heavy atom. The summed E-state index contributed by atoms with van der Waals surface area (Å²) in [5.41, 5.74) is 6.94. The Hall–Kier alpha value is -1.88. The van der Waals surface area contributed by atoms with Gasteiger partial charge in [-0.2, -0.15) is 0 Å². The monoisotopic (exact) mass is 250 g/mol. The number of benzene rings is 1. The number of nitrogens with two attached hydrogens (primary N) is 1. The average molecular weight is 250 g/mol. The van der Waals surface area contributed by atoms with E-state index in [1.165, 1.54) is 11.9 Å². The van der Waals surface area contributed by atoms with Gasteiger partial charge in [-0.1, -0.05) is 30.3 Å². The fraction of sp³-hybridized carbons (Fsp3) is 0.385. The standard InChI is InChI=1S/C13H18N2O3/c1-15(9-13(17)18)12(16)8-7-11(14)10-5-3-2-4-6-10/h2-6,11H,7-9,14H2,1H3,(H,17,18). The van der Waals surface area contributed by atoms with Crippen LogP contribution in [0.25, 0.3) is 0 Å². The molecule has 1 amide bonds. The SMILES string of the molecule is CN(CC(=O)O)C(=O)CCC(N)c1ccccc1. The van der Waals surface area contributed by atoms with Crippen LogP contribution in [0.3, 0.4) is 0 Å². The topological polar surface area (TPSA) is 83.6 Å². The molecule has 0 saturated carbocycles. The van der Waals surface area contributed by atoms with E-state index in [1.54, 1.807) is 0 Å².